The van der Waals surface area contributed by atoms with Crippen molar-refractivity contribution in [3.05, 3.63) is 56.4 Å². The quantitative estimate of drug-likeness (QED) is 0.478. The highest BCUT2D eigenvalue weighted by Gasteiger charge is 2.16. The molecule has 1 aromatic carbocycles. The molecule has 0 aliphatic heterocycles. The zero-order chi connectivity index (χ0) is 16.3. The highest BCUT2D eigenvalue weighted by Crippen LogP contribution is 2.24. The van der Waals surface area contributed by atoms with Crippen molar-refractivity contribution >= 4 is 50.5 Å². The van der Waals surface area contributed by atoms with Crippen molar-refractivity contribution in [1.29, 1.82) is 0 Å². The van der Waals surface area contributed by atoms with E-state index in [1.54, 1.807) is 19.1 Å². The van der Waals surface area contributed by atoms with Gasteiger partial charge in [-0.2, -0.15) is 0 Å². The maximum Gasteiger partial charge on any atom is 0.293 e. The van der Waals surface area contributed by atoms with Crippen LogP contribution in [0.4, 0.5) is 11.4 Å². The lowest BCUT2D eigenvalue weighted by atomic mass is 10.1. The number of nitrogens with one attached hydrogen (secondary N) is 2. The van der Waals surface area contributed by atoms with E-state index in [9.17, 15) is 14.9 Å². The van der Waals surface area contributed by atoms with Crippen LogP contribution in [0.1, 0.15) is 16.1 Å². The van der Waals surface area contributed by atoms with E-state index in [4.69, 9.17) is 16.6 Å². The summed E-state index contributed by atoms with van der Waals surface area (Å²) in [4.78, 5) is 22.3. The average Bonchev–Trinajstić information content (AvgIpc) is 2.87. The Hall–Kier alpha value is -2.26. The number of amides is 1. The van der Waals surface area contributed by atoms with E-state index in [1.807, 2.05) is 0 Å². The van der Waals surface area contributed by atoms with Gasteiger partial charge in [-0.1, -0.05) is 6.07 Å². The Morgan fingerprint density at radius 2 is 2.09 bits per heavy atom. The highest BCUT2D eigenvalue weighted by atomic mass is 79.9. The second kappa shape index (κ2) is 6.67. The van der Waals surface area contributed by atoms with Crippen molar-refractivity contribution in [2.75, 3.05) is 5.32 Å². The third kappa shape index (κ3) is 3.68. The zero-order valence-corrected chi connectivity index (χ0v) is 13.7. The Balaban J connectivity index is 2.08. The molecular formula is C13H10BrN3O4S. The van der Waals surface area contributed by atoms with Crippen LogP contribution in [0.3, 0.4) is 0 Å². The molecule has 0 radical (unpaired) electrons. The summed E-state index contributed by atoms with van der Waals surface area (Å²) in [5, 5.41) is 16.1. The van der Waals surface area contributed by atoms with Gasteiger partial charge in [-0.3, -0.25) is 20.2 Å². The maximum absolute atomic E-state index is 11.9. The molecule has 0 atom stereocenters. The van der Waals surface area contributed by atoms with Gasteiger partial charge in [0.15, 0.2) is 15.5 Å². The first-order chi connectivity index (χ1) is 10.4. The molecule has 22 heavy (non-hydrogen) atoms. The number of thiocarbonyl (C=S) groups is 1. The van der Waals surface area contributed by atoms with Gasteiger partial charge < -0.3 is 9.73 Å². The Labute approximate surface area is 139 Å². The minimum atomic E-state index is -0.522. The molecule has 0 aliphatic carbocycles. The zero-order valence-electron chi connectivity index (χ0n) is 11.3. The van der Waals surface area contributed by atoms with Crippen molar-refractivity contribution in [3.63, 3.8) is 0 Å². The van der Waals surface area contributed by atoms with Gasteiger partial charge in [-0.05, 0) is 53.3 Å². The van der Waals surface area contributed by atoms with Crippen LogP contribution >= 0.6 is 28.1 Å². The number of benzene rings is 1. The number of anilines is 1. The van der Waals surface area contributed by atoms with E-state index in [-0.39, 0.29) is 16.6 Å². The summed E-state index contributed by atoms with van der Waals surface area (Å²) in [5.74, 6) is -0.432. The second-order valence-electron chi connectivity index (χ2n) is 4.22. The third-order valence-electron chi connectivity index (χ3n) is 2.77. The number of rotatable bonds is 3. The summed E-state index contributed by atoms with van der Waals surface area (Å²) in [6, 6.07) is 7.62. The molecular weight excluding hydrogens is 374 g/mol. The monoisotopic (exact) mass is 383 g/mol. The van der Waals surface area contributed by atoms with E-state index in [0.29, 0.717) is 15.9 Å². The fourth-order valence-corrected chi connectivity index (χ4v) is 2.22. The number of nitro benzene ring substituents is 1. The molecule has 1 amide bonds. The van der Waals surface area contributed by atoms with Gasteiger partial charge in [0.25, 0.3) is 11.6 Å². The van der Waals surface area contributed by atoms with Gasteiger partial charge in [0.2, 0.25) is 0 Å². The molecule has 1 aromatic heterocycles. The summed E-state index contributed by atoms with van der Waals surface area (Å²) in [7, 11) is 0. The second-order valence-corrected chi connectivity index (χ2v) is 5.41. The van der Waals surface area contributed by atoms with Crippen LogP contribution in [0.2, 0.25) is 0 Å². The number of carbonyl (C=O) groups excluding carboxylic acids is 1. The molecule has 7 nitrogen and oxygen atoms in total. The first kappa shape index (κ1) is 16.1. The van der Waals surface area contributed by atoms with Crippen molar-refractivity contribution in [2.45, 2.75) is 6.92 Å². The van der Waals surface area contributed by atoms with Crippen LogP contribution in [0.15, 0.2) is 39.4 Å². The summed E-state index contributed by atoms with van der Waals surface area (Å²) >= 11 is 8.11. The number of nitro groups is 1. The van der Waals surface area contributed by atoms with E-state index < -0.39 is 10.8 Å². The fraction of sp³-hybridized carbons (Fsp3) is 0.0769. The molecule has 0 spiro atoms. The Kier molecular flexibility index (Phi) is 4.88. The molecule has 0 saturated heterocycles. The van der Waals surface area contributed by atoms with Crippen molar-refractivity contribution in [2.24, 2.45) is 0 Å². The molecule has 0 fully saturated rings. The number of hydrogen-bond donors (Lipinski definition) is 2. The van der Waals surface area contributed by atoms with E-state index in [2.05, 4.69) is 26.6 Å². The smallest absolute Gasteiger partial charge is 0.293 e. The number of hydrogen-bond acceptors (Lipinski definition) is 5. The maximum atomic E-state index is 11.9. The van der Waals surface area contributed by atoms with Gasteiger partial charge in [0.1, 0.15) is 0 Å². The largest absolute Gasteiger partial charge is 0.444 e. The molecule has 2 aromatic rings. The number of halogens is 1. The van der Waals surface area contributed by atoms with Gasteiger partial charge in [0, 0.05) is 6.07 Å². The van der Waals surface area contributed by atoms with Crippen LogP contribution in [-0.4, -0.2) is 15.9 Å². The summed E-state index contributed by atoms with van der Waals surface area (Å²) in [5.41, 5.74) is 0.832. The fourth-order valence-electron chi connectivity index (χ4n) is 1.71. The molecule has 0 saturated carbocycles. The predicted molar refractivity (Wildman–Crippen MR) is 87.9 cm³/mol. The molecule has 2 rings (SSSR count). The van der Waals surface area contributed by atoms with Gasteiger partial charge >= 0.3 is 0 Å². The molecule has 114 valence electrons. The van der Waals surface area contributed by atoms with Crippen LogP contribution in [0, 0.1) is 17.0 Å². The minimum Gasteiger partial charge on any atom is -0.444 e. The summed E-state index contributed by atoms with van der Waals surface area (Å²) < 4.78 is 5.52. The average molecular weight is 384 g/mol. The number of nitrogens with zero attached hydrogens (tertiary/aromatic N) is 1. The SMILES string of the molecule is Cc1c(NC(=S)NC(=O)c2ccc(Br)o2)cccc1[N+](=O)[O-]. The van der Waals surface area contributed by atoms with Crippen molar-refractivity contribution in [1.82, 2.24) is 5.32 Å². The normalized spacial score (nSPS) is 10.1. The Bertz CT molecular complexity index is 759. The topological polar surface area (TPSA) is 97.4 Å². The molecule has 9 heteroatoms. The molecule has 0 bridgehead atoms. The lowest BCUT2D eigenvalue weighted by Crippen LogP contribution is -2.34. The summed E-state index contributed by atoms with van der Waals surface area (Å²) in [6.07, 6.45) is 0. The van der Waals surface area contributed by atoms with Gasteiger partial charge in [-0.25, -0.2) is 0 Å². The van der Waals surface area contributed by atoms with Crippen molar-refractivity contribution in [3.8, 4) is 0 Å². The van der Waals surface area contributed by atoms with Gasteiger partial charge in [0.05, 0.1) is 16.2 Å². The predicted octanol–water partition coefficient (Wildman–Crippen LogP) is 3.39. The lowest BCUT2D eigenvalue weighted by molar-refractivity contribution is -0.385. The first-order valence-corrected chi connectivity index (χ1v) is 7.20. The van der Waals surface area contributed by atoms with E-state index in [0.717, 1.165) is 0 Å². The Morgan fingerprint density at radius 1 is 1.36 bits per heavy atom. The summed E-state index contributed by atoms with van der Waals surface area (Å²) in [6.45, 7) is 1.59. The lowest BCUT2D eigenvalue weighted by Gasteiger charge is -2.11. The van der Waals surface area contributed by atoms with E-state index in [1.165, 1.54) is 18.2 Å². The number of furan rings is 1. The molecule has 1 heterocycles. The van der Waals surface area contributed by atoms with Crippen LogP contribution in [-0.2, 0) is 0 Å². The van der Waals surface area contributed by atoms with Crippen LogP contribution in [0.25, 0.3) is 0 Å². The van der Waals surface area contributed by atoms with Crippen LogP contribution < -0.4 is 10.6 Å². The first-order valence-electron chi connectivity index (χ1n) is 6.00. The Morgan fingerprint density at radius 3 is 2.68 bits per heavy atom. The highest BCUT2D eigenvalue weighted by molar-refractivity contribution is 9.10. The molecule has 0 unspecified atom stereocenters. The van der Waals surface area contributed by atoms with Gasteiger partial charge in [-0.15, -0.1) is 0 Å². The van der Waals surface area contributed by atoms with Crippen molar-refractivity contribution < 1.29 is 14.1 Å². The standard InChI is InChI=1S/C13H10BrN3O4S/c1-7-8(3-2-4-9(7)17(19)20)15-13(22)16-12(18)10-5-6-11(14)21-10/h2-6H,1H3,(H2,15,16,18,22). The third-order valence-corrected chi connectivity index (χ3v) is 3.40. The van der Waals surface area contributed by atoms with Crippen LogP contribution in [0.5, 0.6) is 0 Å². The molecule has 0 aliphatic rings. The molecule has 2 N–H and O–H groups in total. The minimum absolute atomic E-state index is 0.0149. The van der Waals surface area contributed by atoms with E-state index >= 15 is 0 Å². The number of carbonyl (C=O) groups is 1.